The summed E-state index contributed by atoms with van der Waals surface area (Å²) in [5, 5.41) is 3.67. The van der Waals surface area contributed by atoms with E-state index in [0.29, 0.717) is 6.04 Å². The normalized spacial score (nSPS) is 17.6. The molecule has 0 aromatic heterocycles. The Labute approximate surface area is 158 Å². The number of ether oxygens (including phenoxy) is 2. The van der Waals surface area contributed by atoms with Crippen molar-refractivity contribution in [3.8, 4) is 11.5 Å². The van der Waals surface area contributed by atoms with Crippen molar-refractivity contribution in [2.24, 2.45) is 0 Å². The molecular formula is C20H25BrN2O2. The number of hydrogen-bond acceptors (Lipinski definition) is 4. The van der Waals surface area contributed by atoms with Crippen molar-refractivity contribution in [3.05, 3.63) is 58.1 Å². The fourth-order valence-corrected chi connectivity index (χ4v) is 3.97. The van der Waals surface area contributed by atoms with Gasteiger partial charge in [0, 0.05) is 32.2 Å². The van der Waals surface area contributed by atoms with Gasteiger partial charge in [-0.25, -0.2) is 0 Å². The smallest absolute Gasteiger partial charge is 0.174 e. The van der Waals surface area contributed by atoms with E-state index in [-0.39, 0.29) is 0 Å². The standard InChI is InChI=1S/C20H25BrN2O2/c1-24-19-11-16(10-18(21)20(19)25-2)12-22-17-8-9-23(14-17)13-15-6-4-3-5-7-15/h3-7,10-11,17,22H,8-9,12-14H2,1-2H3. The van der Waals surface area contributed by atoms with E-state index in [0.717, 1.165) is 42.2 Å². The van der Waals surface area contributed by atoms with Gasteiger partial charge in [0.25, 0.3) is 0 Å². The van der Waals surface area contributed by atoms with Gasteiger partial charge in [0.2, 0.25) is 0 Å². The predicted molar refractivity (Wildman–Crippen MR) is 104 cm³/mol. The SMILES string of the molecule is COc1cc(CNC2CCN(Cc3ccccc3)C2)cc(Br)c1OC. The minimum absolute atomic E-state index is 0.524. The van der Waals surface area contributed by atoms with Crippen LogP contribution in [0.2, 0.25) is 0 Å². The highest BCUT2D eigenvalue weighted by molar-refractivity contribution is 9.10. The third kappa shape index (κ3) is 4.75. The van der Waals surface area contributed by atoms with E-state index in [1.165, 1.54) is 17.5 Å². The molecule has 4 nitrogen and oxygen atoms in total. The number of benzene rings is 2. The molecule has 1 N–H and O–H groups in total. The van der Waals surface area contributed by atoms with Gasteiger partial charge < -0.3 is 14.8 Å². The third-order valence-corrected chi connectivity index (χ3v) is 5.20. The average Bonchev–Trinajstić information content (AvgIpc) is 3.07. The number of hydrogen-bond donors (Lipinski definition) is 1. The zero-order chi connectivity index (χ0) is 17.6. The van der Waals surface area contributed by atoms with E-state index in [9.17, 15) is 0 Å². The van der Waals surface area contributed by atoms with Gasteiger partial charge in [-0.1, -0.05) is 30.3 Å². The summed E-state index contributed by atoms with van der Waals surface area (Å²) in [6.07, 6.45) is 1.18. The third-order valence-electron chi connectivity index (χ3n) is 4.61. The van der Waals surface area contributed by atoms with Crippen molar-refractivity contribution in [1.29, 1.82) is 0 Å². The molecule has 0 bridgehead atoms. The lowest BCUT2D eigenvalue weighted by Gasteiger charge is -2.17. The van der Waals surface area contributed by atoms with Crippen LogP contribution in [-0.4, -0.2) is 38.3 Å². The van der Waals surface area contributed by atoms with E-state index < -0.39 is 0 Å². The summed E-state index contributed by atoms with van der Waals surface area (Å²) < 4.78 is 11.7. The molecule has 2 aromatic rings. The fourth-order valence-electron chi connectivity index (χ4n) is 3.32. The van der Waals surface area contributed by atoms with E-state index in [4.69, 9.17) is 9.47 Å². The topological polar surface area (TPSA) is 33.7 Å². The van der Waals surface area contributed by atoms with Crippen LogP contribution < -0.4 is 14.8 Å². The van der Waals surface area contributed by atoms with E-state index >= 15 is 0 Å². The molecule has 134 valence electrons. The largest absolute Gasteiger partial charge is 0.493 e. The molecule has 3 rings (SSSR count). The summed E-state index contributed by atoms with van der Waals surface area (Å²) in [6, 6.07) is 15.3. The molecule has 1 aliphatic heterocycles. The summed E-state index contributed by atoms with van der Waals surface area (Å²) >= 11 is 3.56. The molecule has 0 radical (unpaired) electrons. The Morgan fingerprint density at radius 3 is 2.64 bits per heavy atom. The van der Waals surface area contributed by atoms with Gasteiger partial charge in [-0.2, -0.15) is 0 Å². The average molecular weight is 405 g/mol. The van der Waals surface area contributed by atoms with Crippen molar-refractivity contribution in [2.45, 2.75) is 25.6 Å². The van der Waals surface area contributed by atoms with Gasteiger partial charge in [0.1, 0.15) is 0 Å². The number of halogens is 1. The highest BCUT2D eigenvalue weighted by atomic mass is 79.9. The van der Waals surface area contributed by atoms with Crippen molar-refractivity contribution in [2.75, 3.05) is 27.3 Å². The quantitative estimate of drug-likeness (QED) is 0.759. The van der Waals surface area contributed by atoms with E-state index in [2.05, 4.69) is 62.5 Å². The van der Waals surface area contributed by atoms with Crippen molar-refractivity contribution in [3.63, 3.8) is 0 Å². The minimum atomic E-state index is 0.524. The molecule has 0 amide bonds. The first-order valence-corrected chi connectivity index (χ1v) is 9.39. The number of likely N-dealkylation sites (tertiary alicyclic amines) is 1. The maximum atomic E-state index is 5.42. The molecule has 0 aliphatic carbocycles. The Morgan fingerprint density at radius 2 is 1.92 bits per heavy atom. The Morgan fingerprint density at radius 1 is 1.12 bits per heavy atom. The Hall–Kier alpha value is -1.56. The number of methoxy groups -OCH3 is 2. The zero-order valence-corrected chi connectivity index (χ0v) is 16.4. The first-order valence-electron chi connectivity index (χ1n) is 8.59. The van der Waals surface area contributed by atoms with Crippen LogP contribution in [0.5, 0.6) is 11.5 Å². The molecule has 2 aromatic carbocycles. The molecule has 1 fully saturated rings. The number of nitrogens with zero attached hydrogens (tertiary/aromatic N) is 1. The monoisotopic (exact) mass is 404 g/mol. The second kappa shape index (κ2) is 8.70. The van der Waals surface area contributed by atoms with Crippen LogP contribution in [-0.2, 0) is 13.1 Å². The van der Waals surface area contributed by atoms with Crippen molar-refractivity contribution in [1.82, 2.24) is 10.2 Å². The van der Waals surface area contributed by atoms with Gasteiger partial charge in [-0.3, -0.25) is 4.90 Å². The van der Waals surface area contributed by atoms with Gasteiger partial charge in [-0.15, -0.1) is 0 Å². The Bertz CT molecular complexity index is 694. The Kier molecular flexibility index (Phi) is 6.34. The molecule has 0 spiro atoms. The van der Waals surface area contributed by atoms with Crippen LogP contribution in [0.3, 0.4) is 0 Å². The van der Waals surface area contributed by atoms with Crippen LogP contribution in [0.25, 0.3) is 0 Å². The van der Waals surface area contributed by atoms with Crippen LogP contribution in [0.4, 0.5) is 0 Å². The highest BCUT2D eigenvalue weighted by Gasteiger charge is 2.22. The lowest BCUT2D eigenvalue weighted by atomic mass is 10.1. The van der Waals surface area contributed by atoms with E-state index in [1.54, 1.807) is 14.2 Å². The van der Waals surface area contributed by atoms with E-state index in [1.807, 2.05) is 6.07 Å². The van der Waals surface area contributed by atoms with Gasteiger partial charge in [0.05, 0.1) is 18.7 Å². The van der Waals surface area contributed by atoms with Gasteiger partial charge in [0.15, 0.2) is 11.5 Å². The molecule has 1 saturated heterocycles. The minimum Gasteiger partial charge on any atom is -0.493 e. The molecule has 1 atom stereocenters. The Balaban J connectivity index is 1.53. The summed E-state index contributed by atoms with van der Waals surface area (Å²) in [4.78, 5) is 2.51. The maximum absolute atomic E-state index is 5.42. The number of nitrogens with one attached hydrogen (secondary N) is 1. The maximum Gasteiger partial charge on any atom is 0.174 e. The lowest BCUT2D eigenvalue weighted by molar-refractivity contribution is 0.320. The first-order chi connectivity index (χ1) is 12.2. The second-order valence-corrected chi connectivity index (χ2v) is 7.25. The number of rotatable bonds is 7. The summed E-state index contributed by atoms with van der Waals surface area (Å²) in [5.41, 5.74) is 2.57. The van der Waals surface area contributed by atoms with Crippen LogP contribution >= 0.6 is 15.9 Å². The summed E-state index contributed by atoms with van der Waals surface area (Å²) in [7, 11) is 3.32. The molecule has 1 unspecified atom stereocenters. The van der Waals surface area contributed by atoms with Crippen LogP contribution in [0.1, 0.15) is 17.5 Å². The van der Waals surface area contributed by atoms with Crippen molar-refractivity contribution < 1.29 is 9.47 Å². The molecule has 1 heterocycles. The predicted octanol–water partition coefficient (Wildman–Crippen LogP) is 3.83. The molecule has 25 heavy (non-hydrogen) atoms. The van der Waals surface area contributed by atoms with Crippen LogP contribution in [0.15, 0.2) is 46.9 Å². The fraction of sp³-hybridized carbons (Fsp3) is 0.400. The van der Waals surface area contributed by atoms with Crippen molar-refractivity contribution >= 4 is 15.9 Å². The van der Waals surface area contributed by atoms with Gasteiger partial charge in [-0.05, 0) is 45.6 Å². The summed E-state index contributed by atoms with van der Waals surface area (Å²) in [6.45, 7) is 4.08. The molecule has 5 heteroatoms. The molecule has 1 aliphatic rings. The first kappa shape index (κ1) is 18.2. The zero-order valence-electron chi connectivity index (χ0n) is 14.8. The van der Waals surface area contributed by atoms with Gasteiger partial charge >= 0.3 is 0 Å². The molecule has 0 saturated carbocycles. The molecular weight excluding hydrogens is 380 g/mol. The lowest BCUT2D eigenvalue weighted by Crippen LogP contribution is -2.32. The second-order valence-electron chi connectivity index (χ2n) is 6.40. The van der Waals surface area contributed by atoms with Crippen LogP contribution in [0, 0.1) is 0 Å². The summed E-state index contributed by atoms with van der Waals surface area (Å²) in [5.74, 6) is 1.49. The highest BCUT2D eigenvalue weighted by Crippen LogP contribution is 2.36.